The molecule has 258 valence electrons. The molecule has 1 unspecified atom stereocenters. The van der Waals surface area contributed by atoms with E-state index in [0.29, 0.717) is 50.8 Å². The minimum atomic E-state index is -5.14. The Kier molecular flexibility index (Phi) is 8.93. The molecule has 0 fully saturated rings. The van der Waals surface area contributed by atoms with Gasteiger partial charge in [0.15, 0.2) is 0 Å². The molecule has 2 aromatic heterocycles. The Labute approximate surface area is 279 Å². The Hall–Kier alpha value is -5.59. The number of aryl methyl sites for hydroxylation is 2. The fourth-order valence-electron chi connectivity index (χ4n) is 6.23. The number of hydrogen-bond acceptors (Lipinski definition) is 4. The number of ether oxygens (including phenoxy) is 1. The van der Waals surface area contributed by atoms with E-state index >= 15 is 0 Å². The average Bonchev–Trinajstić information content (AvgIpc) is 3.44. The van der Waals surface area contributed by atoms with Crippen molar-refractivity contribution >= 4 is 27.8 Å². The molecule has 4 aromatic carbocycles. The molecular weight excluding hydrogens is 669 g/mol. The number of H-pyrrole nitrogens is 1. The molecule has 2 heterocycles. The van der Waals surface area contributed by atoms with Crippen molar-refractivity contribution in [2.75, 3.05) is 6.61 Å². The molecule has 0 radical (unpaired) electrons. The van der Waals surface area contributed by atoms with E-state index in [9.17, 15) is 45.4 Å². The highest BCUT2D eigenvalue weighted by atomic mass is 19.4. The van der Waals surface area contributed by atoms with E-state index in [0.717, 1.165) is 0 Å². The molecule has 0 aliphatic heterocycles. The lowest BCUT2D eigenvalue weighted by Crippen LogP contribution is -2.25. The van der Waals surface area contributed by atoms with Gasteiger partial charge in [0, 0.05) is 29.0 Å². The van der Waals surface area contributed by atoms with Crippen molar-refractivity contribution in [2.24, 2.45) is 7.05 Å². The van der Waals surface area contributed by atoms with Crippen LogP contribution in [0.2, 0.25) is 0 Å². The maximum atomic E-state index is 14.7. The predicted molar refractivity (Wildman–Crippen MR) is 172 cm³/mol. The number of halogens is 7. The largest absolute Gasteiger partial charge is 0.507 e. The maximum Gasteiger partial charge on any atom is 0.416 e. The smallest absolute Gasteiger partial charge is 0.416 e. The van der Waals surface area contributed by atoms with E-state index in [4.69, 9.17) is 4.74 Å². The molecule has 0 saturated heterocycles. The van der Waals surface area contributed by atoms with Crippen molar-refractivity contribution in [3.8, 4) is 5.75 Å². The third kappa shape index (κ3) is 6.55. The number of alkyl halides is 6. The van der Waals surface area contributed by atoms with Gasteiger partial charge < -0.3 is 19.4 Å². The number of carbonyl (C=O) groups is 1. The van der Waals surface area contributed by atoms with E-state index in [-0.39, 0.29) is 36.8 Å². The summed E-state index contributed by atoms with van der Waals surface area (Å²) in [5.41, 5.74) is -2.27. The first-order valence-electron chi connectivity index (χ1n) is 15.3. The van der Waals surface area contributed by atoms with Crippen LogP contribution in [0.3, 0.4) is 0 Å². The van der Waals surface area contributed by atoms with Crippen LogP contribution in [0.4, 0.5) is 30.7 Å². The second-order valence-electron chi connectivity index (χ2n) is 11.7. The van der Waals surface area contributed by atoms with Crippen LogP contribution in [0.15, 0.2) is 95.8 Å². The summed E-state index contributed by atoms with van der Waals surface area (Å²) in [5, 5.41) is 12.7. The van der Waals surface area contributed by atoms with Gasteiger partial charge in [0.2, 0.25) is 0 Å². The number of nitrogens with zero attached hydrogens (tertiary/aromatic N) is 1. The second kappa shape index (κ2) is 13.0. The zero-order valence-corrected chi connectivity index (χ0v) is 26.1. The zero-order chi connectivity index (χ0) is 36.0. The van der Waals surface area contributed by atoms with E-state index in [2.05, 4.69) is 4.98 Å². The number of carbonyl (C=O) groups excluding carboxylic acids is 1. The first-order chi connectivity index (χ1) is 23.6. The van der Waals surface area contributed by atoms with Crippen LogP contribution in [-0.2, 0) is 30.6 Å². The summed E-state index contributed by atoms with van der Waals surface area (Å²) in [6.07, 6.45) is -10.1. The first-order valence-corrected chi connectivity index (χ1v) is 15.3. The molecule has 0 saturated carbocycles. The van der Waals surface area contributed by atoms with Crippen LogP contribution in [0.1, 0.15) is 56.2 Å². The quantitative estimate of drug-likeness (QED) is 0.0947. The SMILES string of the molecule is Cn1c(=O)c(C(c2cccc(F)c2)c2[nH]c3ccccc3c2CCCOC(=O)c2cc(C(F)(F)F)cc(C(F)(F)F)c2)c(O)c2ccccc21. The topological polar surface area (TPSA) is 84.3 Å². The number of para-hydroxylation sites is 2. The van der Waals surface area contributed by atoms with Crippen molar-refractivity contribution in [3.05, 3.63) is 146 Å². The number of nitrogens with one attached hydrogen (secondary N) is 1. The third-order valence-electron chi connectivity index (χ3n) is 8.54. The van der Waals surface area contributed by atoms with Crippen molar-refractivity contribution in [2.45, 2.75) is 31.1 Å². The standard InChI is InChI=1S/C37H27F7N2O4/c1-46-29-14-5-3-11-27(29)33(47)31(34(46)48)30(20-8-6-9-24(38)18-20)32-26(25-10-2-4-13-28(25)45-32)12-7-15-50-35(49)21-16-22(36(39,40)41)19-23(17-21)37(42,43)44/h2-6,8-11,13-14,16-19,30,45,47H,7,12,15H2,1H3. The molecule has 0 spiro atoms. The molecule has 6 rings (SSSR count). The van der Waals surface area contributed by atoms with Crippen LogP contribution >= 0.6 is 0 Å². The predicted octanol–water partition coefficient (Wildman–Crippen LogP) is 8.87. The maximum absolute atomic E-state index is 14.7. The molecule has 0 amide bonds. The Balaban J connectivity index is 1.38. The van der Waals surface area contributed by atoms with Gasteiger partial charge in [-0.1, -0.05) is 42.5 Å². The van der Waals surface area contributed by atoms with Crippen molar-refractivity contribution in [3.63, 3.8) is 0 Å². The van der Waals surface area contributed by atoms with Gasteiger partial charge in [-0.2, -0.15) is 26.3 Å². The second-order valence-corrected chi connectivity index (χ2v) is 11.7. The fraction of sp³-hybridized carbons (Fsp3) is 0.189. The van der Waals surface area contributed by atoms with Crippen molar-refractivity contribution in [1.29, 1.82) is 0 Å². The van der Waals surface area contributed by atoms with Crippen molar-refractivity contribution < 1.29 is 45.4 Å². The lowest BCUT2D eigenvalue weighted by Gasteiger charge is -2.22. The Bertz CT molecular complexity index is 2270. The number of esters is 1. The molecule has 0 aliphatic rings. The van der Waals surface area contributed by atoms with Gasteiger partial charge in [-0.25, -0.2) is 9.18 Å². The summed E-state index contributed by atoms with van der Waals surface area (Å²) in [4.78, 5) is 30.0. The Morgan fingerprint density at radius 3 is 2.16 bits per heavy atom. The van der Waals surface area contributed by atoms with Crippen LogP contribution in [0.25, 0.3) is 21.8 Å². The molecule has 6 nitrogen and oxygen atoms in total. The lowest BCUT2D eigenvalue weighted by molar-refractivity contribution is -0.143. The van der Waals surface area contributed by atoms with Gasteiger partial charge in [-0.3, -0.25) is 4.79 Å². The monoisotopic (exact) mass is 696 g/mol. The molecule has 6 aromatic rings. The van der Waals surface area contributed by atoms with Gasteiger partial charge in [-0.05, 0) is 72.5 Å². The van der Waals surface area contributed by atoms with Crippen molar-refractivity contribution in [1.82, 2.24) is 9.55 Å². The number of rotatable bonds is 8. The summed E-state index contributed by atoms with van der Waals surface area (Å²) in [6, 6.07) is 19.9. The van der Waals surface area contributed by atoms with E-state index in [1.54, 1.807) is 61.6 Å². The highest BCUT2D eigenvalue weighted by Gasteiger charge is 2.38. The minimum absolute atomic E-state index is 0.0268. The third-order valence-corrected chi connectivity index (χ3v) is 8.54. The summed E-state index contributed by atoms with van der Waals surface area (Å²) < 4.78 is 101. The summed E-state index contributed by atoms with van der Waals surface area (Å²) in [5.74, 6) is -3.28. The molecular formula is C37H27F7N2O4. The number of fused-ring (bicyclic) bond motifs is 2. The molecule has 1 atom stereocenters. The number of aromatic amines is 1. The van der Waals surface area contributed by atoms with Crippen LogP contribution in [-0.4, -0.2) is 27.2 Å². The Morgan fingerprint density at radius 2 is 1.50 bits per heavy atom. The minimum Gasteiger partial charge on any atom is -0.507 e. The number of hydrogen-bond donors (Lipinski definition) is 2. The normalized spacial score (nSPS) is 12.8. The van der Waals surface area contributed by atoms with E-state index in [1.807, 2.05) is 0 Å². The average molecular weight is 697 g/mol. The fourth-order valence-corrected chi connectivity index (χ4v) is 6.23. The zero-order valence-electron chi connectivity index (χ0n) is 26.1. The Morgan fingerprint density at radius 1 is 0.860 bits per heavy atom. The molecule has 0 aliphatic carbocycles. The molecule has 50 heavy (non-hydrogen) atoms. The van der Waals surface area contributed by atoms with Gasteiger partial charge in [0.25, 0.3) is 5.56 Å². The van der Waals surface area contributed by atoms with Gasteiger partial charge >= 0.3 is 18.3 Å². The van der Waals surface area contributed by atoms with Gasteiger partial charge in [-0.15, -0.1) is 0 Å². The summed E-state index contributed by atoms with van der Waals surface area (Å²) >= 11 is 0. The van der Waals surface area contributed by atoms with E-state index in [1.165, 1.54) is 22.8 Å². The van der Waals surface area contributed by atoms with Crippen LogP contribution < -0.4 is 5.56 Å². The lowest BCUT2D eigenvalue weighted by atomic mass is 9.85. The first kappa shape index (κ1) is 34.3. The highest BCUT2D eigenvalue weighted by Crippen LogP contribution is 2.42. The summed E-state index contributed by atoms with van der Waals surface area (Å²) in [7, 11) is 1.55. The number of benzene rings is 4. The van der Waals surface area contributed by atoms with Crippen LogP contribution in [0, 0.1) is 5.82 Å². The molecule has 13 heteroatoms. The molecule has 0 bridgehead atoms. The molecule has 2 N–H and O–H groups in total. The van der Waals surface area contributed by atoms with Gasteiger partial charge in [0.1, 0.15) is 11.6 Å². The summed E-state index contributed by atoms with van der Waals surface area (Å²) in [6.45, 7) is -0.386. The number of aromatic nitrogens is 2. The van der Waals surface area contributed by atoms with Gasteiger partial charge in [0.05, 0.1) is 40.3 Å². The number of pyridine rings is 1. The number of aromatic hydroxyl groups is 1. The highest BCUT2D eigenvalue weighted by molar-refractivity contribution is 5.90. The van der Waals surface area contributed by atoms with Crippen LogP contribution in [0.5, 0.6) is 5.75 Å². The van der Waals surface area contributed by atoms with E-state index < -0.39 is 52.3 Å².